The van der Waals surface area contributed by atoms with Gasteiger partial charge in [0.1, 0.15) is 5.75 Å². The molecule has 0 saturated carbocycles. The summed E-state index contributed by atoms with van der Waals surface area (Å²) in [5.74, 6) is 2.64. The highest BCUT2D eigenvalue weighted by molar-refractivity contribution is 7.99. The normalized spacial score (nSPS) is 20.1. The van der Waals surface area contributed by atoms with E-state index in [-0.39, 0.29) is 11.9 Å². The van der Waals surface area contributed by atoms with Crippen molar-refractivity contribution < 1.29 is 9.53 Å². The lowest BCUT2D eigenvalue weighted by Gasteiger charge is -2.37. The minimum atomic E-state index is -0.112. The van der Waals surface area contributed by atoms with E-state index in [1.165, 1.54) is 11.1 Å². The fraction of sp³-hybridized carbons (Fsp3) is 0.267. The van der Waals surface area contributed by atoms with Gasteiger partial charge in [-0.1, -0.05) is 54.1 Å². The van der Waals surface area contributed by atoms with Gasteiger partial charge in [-0.25, -0.2) is 5.43 Å². The van der Waals surface area contributed by atoms with Gasteiger partial charge in [0, 0.05) is 22.4 Å². The summed E-state index contributed by atoms with van der Waals surface area (Å²) in [5, 5.41) is 8.87. The van der Waals surface area contributed by atoms with Crippen LogP contribution >= 0.6 is 23.4 Å². The number of nitrogens with zero attached hydrogens (tertiary/aromatic N) is 1. The number of carbonyl (C=O) groups is 1. The van der Waals surface area contributed by atoms with E-state index < -0.39 is 0 Å². The van der Waals surface area contributed by atoms with Crippen molar-refractivity contribution in [3.63, 3.8) is 0 Å². The monoisotopic (exact) mass is 531 g/mol. The van der Waals surface area contributed by atoms with Gasteiger partial charge in [-0.2, -0.15) is 5.10 Å². The Labute approximate surface area is 227 Å². The first kappa shape index (κ1) is 25.4. The Balaban J connectivity index is 1.23. The first-order chi connectivity index (χ1) is 18.0. The topological polar surface area (TPSA) is 62.7 Å². The van der Waals surface area contributed by atoms with Crippen LogP contribution in [0.15, 0.2) is 84.0 Å². The van der Waals surface area contributed by atoms with Gasteiger partial charge in [0.15, 0.2) is 0 Å². The second-order valence-electron chi connectivity index (χ2n) is 9.40. The Morgan fingerprint density at radius 3 is 2.68 bits per heavy atom. The number of rotatable bonds is 8. The van der Waals surface area contributed by atoms with Crippen LogP contribution in [-0.4, -0.2) is 24.5 Å². The van der Waals surface area contributed by atoms with E-state index in [0.717, 1.165) is 40.4 Å². The molecule has 5 rings (SSSR count). The van der Waals surface area contributed by atoms with Crippen LogP contribution in [-0.2, 0) is 10.5 Å². The Bertz CT molecular complexity index is 1320. The largest absolute Gasteiger partial charge is 0.497 e. The zero-order valence-electron chi connectivity index (χ0n) is 20.9. The number of fused-ring (bicyclic) bond motifs is 3. The predicted molar refractivity (Wildman–Crippen MR) is 154 cm³/mol. The van der Waals surface area contributed by atoms with Gasteiger partial charge in [0.2, 0.25) is 5.91 Å². The van der Waals surface area contributed by atoms with Crippen molar-refractivity contribution in [3.8, 4) is 5.75 Å². The number of hydrazone groups is 1. The highest BCUT2D eigenvalue weighted by Gasteiger charge is 2.38. The molecule has 0 aromatic heterocycles. The van der Waals surface area contributed by atoms with Crippen molar-refractivity contribution in [2.45, 2.75) is 31.1 Å². The molecule has 190 valence electrons. The molecule has 0 radical (unpaired) electrons. The van der Waals surface area contributed by atoms with E-state index in [2.05, 4.69) is 58.3 Å². The van der Waals surface area contributed by atoms with Crippen LogP contribution in [0, 0.1) is 5.92 Å². The first-order valence-corrected chi connectivity index (χ1v) is 13.9. The molecular weight excluding hydrogens is 502 g/mol. The summed E-state index contributed by atoms with van der Waals surface area (Å²) in [6, 6.07) is 22.7. The molecule has 0 fully saturated rings. The van der Waals surface area contributed by atoms with Crippen molar-refractivity contribution >= 4 is 40.7 Å². The number of amides is 1. The molecule has 2 N–H and O–H groups in total. The van der Waals surface area contributed by atoms with Crippen LogP contribution < -0.4 is 15.5 Å². The molecule has 3 aromatic rings. The average molecular weight is 532 g/mol. The van der Waals surface area contributed by atoms with Gasteiger partial charge in [-0.15, -0.1) is 11.8 Å². The number of halogens is 1. The summed E-state index contributed by atoms with van der Waals surface area (Å²) in [7, 11) is 1.69. The molecule has 2 aliphatic rings. The molecule has 1 aliphatic heterocycles. The first-order valence-electron chi connectivity index (χ1n) is 12.4. The number of methoxy groups -OCH3 is 1. The van der Waals surface area contributed by atoms with Gasteiger partial charge in [0.05, 0.1) is 24.6 Å². The molecule has 37 heavy (non-hydrogen) atoms. The maximum absolute atomic E-state index is 12.3. The van der Waals surface area contributed by atoms with E-state index in [1.807, 2.05) is 43.3 Å². The second kappa shape index (κ2) is 11.4. The fourth-order valence-corrected chi connectivity index (χ4v) is 5.95. The molecule has 1 amide bonds. The molecule has 1 aliphatic carbocycles. The Hall–Kier alpha value is -3.22. The summed E-state index contributed by atoms with van der Waals surface area (Å²) in [6.45, 7) is 1.93. The highest BCUT2D eigenvalue weighted by atomic mass is 35.5. The lowest BCUT2D eigenvalue weighted by molar-refractivity contribution is -0.118. The molecule has 5 nitrogen and oxygen atoms in total. The second-order valence-corrected chi connectivity index (χ2v) is 10.8. The highest BCUT2D eigenvalue weighted by Crippen LogP contribution is 2.50. The average Bonchev–Trinajstić information content (AvgIpc) is 3.43. The third-order valence-electron chi connectivity index (χ3n) is 7.02. The quantitative estimate of drug-likeness (QED) is 0.187. The van der Waals surface area contributed by atoms with Gasteiger partial charge in [0.25, 0.3) is 0 Å². The number of ether oxygens (including phenoxy) is 1. The zero-order chi connectivity index (χ0) is 25.8. The Morgan fingerprint density at radius 1 is 1.14 bits per heavy atom. The number of hydrogen-bond acceptors (Lipinski definition) is 5. The third kappa shape index (κ3) is 5.86. The molecule has 0 bridgehead atoms. The van der Waals surface area contributed by atoms with Gasteiger partial charge < -0.3 is 10.1 Å². The van der Waals surface area contributed by atoms with Crippen LogP contribution in [0.5, 0.6) is 5.75 Å². The number of thioether (sulfide) groups is 1. The van der Waals surface area contributed by atoms with E-state index in [9.17, 15) is 4.79 Å². The molecular formula is C30H30ClN3O2S. The van der Waals surface area contributed by atoms with Gasteiger partial charge in [-0.3, -0.25) is 4.79 Å². The van der Waals surface area contributed by atoms with Crippen molar-refractivity contribution in [1.82, 2.24) is 5.43 Å². The smallest absolute Gasteiger partial charge is 0.250 e. The standard InChI is InChI=1S/C30H30ClN3O2S/c1-19(33-34-29(35)18-37-17-20-6-11-23(31)12-7-20)22-10-15-28-27(16-22)25-4-3-5-26(25)30(32-28)21-8-13-24(36-2)14-9-21/h3-4,6-16,25-26,30,32H,5,17-18H2,1-2H3,(H,34,35)/b33-19-/t25-,26+,30+/m1/s1. The van der Waals surface area contributed by atoms with Crippen molar-refractivity contribution in [1.29, 1.82) is 0 Å². The summed E-state index contributed by atoms with van der Waals surface area (Å²) < 4.78 is 5.34. The summed E-state index contributed by atoms with van der Waals surface area (Å²) >= 11 is 7.48. The van der Waals surface area contributed by atoms with Gasteiger partial charge in [-0.05, 0) is 77.9 Å². The number of hydrogen-bond donors (Lipinski definition) is 2. The maximum Gasteiger partial charge on any atom is 0.250 e. The van der Waals surface area contributed by atoms with E-state index in [4.69, 9.17) is 16.3 Å². The van der Waals surface area contributed by atoms with Crippen LogP contribution in [0.1, 0.15) is 47.6 Å². The van der Waals surface area contributed by atoms with Crippen molar-refractivity contribution in [2.75, 3.05) is 18.2 Å². The molecule has 0 spiro atoms. The van der Waals surface area contributed by atoms with Gasteiger partial charge >= 0.3 is 0 Å². The number of carbonyl (C=O) groups excluding carboxylic acids is 1. The summed E-state index contributed by atoms with van der Waals surface area (Å²) in [5.41, 5.74) is 9.33. The van der Waals surface area contributed by atoms with Crippen LogP contribution in [0.4, 0.5) is 5.69 Å². The van der Waals surface area contributed by atoms with Crippen molar-refractivity contribution in [3.05, 3.63) is 106 Å². The predicted octanol–water partition coefficient (Wildman–Crippen LogP) is 6.95. The fourth-order valence-electron chi connectivity index (χ4n) is 5.05. The minimum absolute atomic E-state index is 0.112. The van der Waals surface area contributed by atoms with Crippen LogP contribution in [0.2, 0.25) is 5.02 Å². The minimum Gasteiger partial charge on any atom is -0.497 e. The SMILES string of the molecule is COc1ccc([C@@H]2Nc3ccc(/C(C)=N\NC(=O)CSCc4ccc(Cl)cc4)cc3[C@@H]3C=CC[C@@H]32)cc1. The molecule has 7 heteroatoms. The number of nitrogens with one attached hydrogen (secondary N) is 2. The van der Waals surface area contributed by atoms with E-state index in [0.29, 0.717) is 22.6 Å². The molecule has 1 heterocycles. The Kier molecular flexibility index (Phi) is 7.87. The molecule has 0 saturated heterocycles. The molecule has 3 aromatic carbocycles. The summed E-state index contributed by atoms with van der Waals surface area (Å²) in [4.78, 5) is 12.3. The molecule has 0 unspecified atom stereocenters. The Morgan fingerprint density at radius 2 is 1.92 bits per heavy atom. The van der Waals surface area contributed by atoms with Crippen LogP contribution in [0.3, 0.4) is 0 Å². The summed E-state index contributed by atoms with van der Waals surface area (Å²) in [6.07, 6.45) is 5.66. The maximum atomic E-state index is 12.3. The zero-order valence-corrected chi connectivity index (χ0v) is 22.5. The molecule has 3 atom stereocenters. The lowest BCUT2D eigenvalue weighted by atomic mass is 9.76. The number of allylic oxidation sites excluding steroid dienone is 2. The van der Waals surface area contributed by atoms with Crippen molar-refractivity contribution in [2.24, 2.45) is 11.0 Å². The third-order valence-corrected chi connectivity index (χ3v) is 8.27. The van der Waals surface area contributed by atoms with E-state index in [1.54, 1.807) is 18.9 Å². The number of benzene rings is 3. The van der Waals surface area contributed by atoms with E-state index >= 15 is 0 Å². The van der Waals surface area contributed by atoms with Crippen LogP contribution in [0.25, 0.3) is 0 Å². The number of anilines is 1. The lowest BCUT2D eigenvalue weighted by Crippen LogP contribution is -2.29.